The Balaban J connectivity index is 1.36. The minimum Gasteiger partial charge on any atom is -0.492 e. The van der Waals surface area contributed by atoms with Gasteiger partial charge in [0.05, 0.1) is 23.6 Å². The second kappa shape index (κ2) is 9.94. The van der Waals surface area contributed by atoms with Crippen LogP contribution >= 0.6 is 0 Å². The Morgan fingerprint density at radius 3 is 2.78 bits per heavy atom. The molecule has 3 atom stereocenters. The van der Waals surface area contributed by atoms with Crippen LogP contribution in [0.3, 0.4) is 0 Å². The molecule has 1 amide bonds. The molecule has 2 aromatic rings. The van der Waals surface area contributed by atoms with Crippen LogP contribution < -0.4 is 14.8 Å². The Bertz CT molecular complexity index is 1350. The van der Waals surface area contributed by atoms with Crippen molar-refractivity contribution in [3.63, 3.8) is 0 Å². The van der Waals surface area contributed by atoms with Gasteiger partial charge in [-0.15, -0.1) is 0 Å². The Morgan fingerprint density at radius 2 is 2.05 bits per heavy atom. The zero-order valence-electron chi connectivity index (χ0n) is 20.5. The number of nitrogens with one attached hydrogen (secondary N) is 2. The van der Waals surface area contributed by atoms with Crippen molar-refractivity contribution < 1.29 is 32.2 Å². The van der Waals surface area contributed by atoms with Crippen molar-refractivity contribution in [1.29, 1.82) is 0 Å². The lowest BCUT2D eigenvalue weighted by atomic mass is 10.0. The molecular formula is C26H30FN3O6S. The van der Waals surface area contributed by atoms with Gasteiger partial charge in [0.2, 0.25) is 5.91 Å². The number of sulfonamides is 1. The molecule has 1 saturated heterocycles. The van der Waals surface area contributed by atoms with Crippen LogP contribution in [0.4, 0.5) is 10.1 Å². The van der Waals surface area contributed by atoms with Crippen LogP contribution in [0.5, 0.6) is 5.75 Å². The molecule has 9 nitrogen and oxygen atoms in total. The molecule has 2 fully saturated rings. The first-order chi connectivity index (χ1) is 17.7. The highest BCUT2D eigenvalue weighted by Gasteiger charge is 2.45. The highest BCUT2D eigenvalue weighted by atomic mass is 32.2. The van der Waals surface area contributed by atoms with Crippen LogP contribution in [0.15, 0.2) is 35.2 Å². The average Bonchev–Trinajstić information content (AvgIpc) is 3.50. The lowest BCUT2D eigenvalue weighted by molar-refractivity contribution is -0.120. The van der Waals surface area contributed by atoms with E-state index < -0.39 is 27.7 Å². The van der Waals surface area contributed by atoms with Gasteiger partial charge < -0.3 is 20.1 Å². The van der Waals surface area contributed by atoms with Gasteiger partial charge in [-0.05, 0) is 73.2 Å². The summed E-state index contributed by atoms with van der Waals surface area (Å²) in [7, 11) is -4.36. The van der Waals surface area contributed by atoms with Gasteiger partial charge in [-0.2, -0.15) is 0 Å². The van der Waals surface area contributed by atoms with Crippen LogP contribution in [0.2, 0.25) is 0 Å². The van der Waals surface area contributed by atoms with Gasteiger partial charge in [-0.25, -0.2) is 17.6 Å². The van der Waals surface area contributed by atoms with Crippen LogP contribution in [0.1, 0.15) is 47.2 Å². The number of halogens is 1. The first kappa shape index (κ1) is 25.5. The van der Waals surface area contributed by atoms with Gasteiger partial charge in [0.1, 0.15) is 17.1 Å². The standard InChI is InChI=1S/C26H30FN3O6S/c1-2-30-8-7-15(13-30)12-28-23(31)11-16-9-18(27)3-6-22(16)37(34,35)29-21-5-4-19-20-10-17(20)14-36-25(19)24(21)26(32)33/h3-6,9,15,17,20,29H,2,7-8,10-14H2,1H3,(H,28,31)(H,32,33)/t15-,17?,20?/m0/s1. The molecule has 37 heavy (non-hydrogen) atoms. The monoisotopic (exact) mass is 531 g/mol. The molecule has 198 valence electrons. The number of hydrogen-bond acceptors (Lipinski definition) is 6. The third-order valence-electron chi connectivity index (χ3n) is 7.48. The van der Waals surface area contributed by atoms with E-state index in [0.29, 0.717) is 25.0 Å². The Hall–Kier alpha value is -3.18. The van der Waals surface area contributed by atoms with Crippen molar-refractivity contribution in [1.82, 2.24) is 10.2 Å². The fourth-order valence-corrected chi connectivity index (χ4v) is 6.65. The van der Waals surface area contributed by atoms with Gasteiger partial charge in [0.15, 0.2) is 0 Å². The lowest BCUT2D eigenvalue weighted by Gasteiger charge is -2.21. The van der Waals surface area contributed by atoms with Gasteiger partial charge in [0.25, 0.3) is 10.0 Å². The van der Waals surface area contributed by atoms with Crippen molar-refractivity contribution in [3.8, 4) is 5.75 Å². The van der Waals surface area contributed by atoms with E-state index in [1.807, 2.05) is 0 Å². The van der Waals surface area contributed by atoms with E-state index in [0.717, 1.165) is 56.2 Å². The van der Waals surface area contributed by atoms with Crippen LogP contribution in [-0.2, 0) is 21.2 Å². The third-order valence-corrected chi connectivity index (χ3v) is 8.94. The molecule has 2 heterocycles. The van der Waals surface area contributed by atoms with E-state index in [1.54, 1.807) is 6.07 Å². The number of aromatic carboxylic acids is 1. The van der Waals surface area contributed by atoms with Crippen LogP contribution in [-0.4, -0.2) is 63.1 Å². The number of carbonyl (C=O) groups is 2. The summed E-state index contributed by atoms with van der Waals surface area (Å²) in [5.41, 5.74) is 0.343. The molecule has 0 radical (unpaired) electrons. The molecule has 0 bridgehead atoms. The minimum absolute atomic E-state index is 0.0153. The number of likely N-dealkylation sites (tertiary alicyclic amines) is 1. The maximum absolute atomic E-state index is 14.1. The largest absolute Gasteiger partial charge is 0.492 e. The van der Waals surface area contributed by atoms with Gasteiger partial charge in [-0.1, -0.05) is 13.0 Å². The number of fused-ring (bicyclic) bond motifs is 3. The molecule has 0 spiro atoms. The third kappa shape index (κ3) is 5.28. The van der Waals surface area contributed by atoms with Crippen molar-refractivity contribution in [2.75, 3.05) is 37.5 Å². The minimum atomic E-state index is -4.36. The first-order valence-electron chi connectivity index (χ1n) is 12.5. The number of carbonyl (C=O) groups excluding carboxylic acids is 1. The second-order valence-electron chi connectivity index (χ2n) is 10.0. The number of amides is 1. The number of carboxylic acids is 1. The molecular weight excluding hydrogens is 501 g/mol. The topological polar surface area (TPSA) is 125 Å². The smallest absolute Gasteiger partial charge is 0.341 e. The molecule has 5 rings (SSSR count). The summed E-state index contributed by atoms with van der Waals surface area (Å²) in [5.74, 6) is -1.33. The van der Waals surface area contributed by atoms with E-state index in [9.17, 15) is 27.5 Å². The van der Waals surface area contributed by atoms with Crippen molar-refractivity contribution in [3.05, 3.63) is 52.8 Å². The average molecular weight is 532 g/mol. The highest BCUT2D eigenvalue weighted by molar-refractivity contribution is 7.92. The van der Waals surface area contributed by atoms with Crippen molar-refractivity contribution in [2.24, 2.45) is 11.8 Å². The SMILES string of the molecule is CCN1CC[C@@H](CNC(=O)Cc2cc(F)ccc2S(=O)(=O)Nc2ccc3c(c2C(=O)O)OCC2CC32)C1. The van der Waals surface area contributed by atoms with Crippen molar-refractivity contribution in [2.45, 2.75) is 37.0 Å². The number of anilines is 1. The number of hydrogen-bond donors (Lipinski definition) is 3. The summed E-state index contributed by atoms with van der Waals surface area (Å²) < 4.78 is 48.8. The van der Waals surface area contributed by atoms with Crippen LogP contribution in [0.25, 0.3) is 0 Å². The zero-order chi connectivity index (χ0) is 26.3. The lowest BCUT2D eigenvalue weighted by Crippen LogP contribution is -2.32. The predicted molar refractivity (Wildman–Crippen MR) is 134 cm³/mol. The first-order valence-corrected chi connectivity index (χ1v) is 14.0. The van der Waals surface area contributed by atoms with Crippen LogP contribution in [0, 0.1) is 17.7 Å². The number of benzene rings is 2. The van der Waals surface area contributed by atoms with E-state index in [1.165, 1.54) is 6.07 Å². The van der Waals surface area contributed by atoms with E-state index in [4.69, 9.17) is 4.74 Å². The van der Waals surface area contributed by atoms with Crippen molar-refractivity contribution >= 4 is 27.6 Å². The summed E-state index contributed by atoms with van der Waals surface area (Å²) >= 11 is 0. The summed E-state index contributed by atoms with van der Waals surface area (Å²) in [6.45, 7) is 5.75. The van der Waals surface area contributed by atoms with E-state index in [-0.39, 0.29) is 39.8 Å². The number of rotatable bonds is 9. The molecule has 3 N–H and O–H groups in total. The maximum atomic E-state index is 14.1. The zero-order valence-corrected chi connectivity index (χ0v) is 21.3. The highest BCUT2D eigenvalue weighted by Crippen LogP contribution is 2.55. The summed E-state index contributed by atoms with van der Waals surface area (Å²) in [4.78, 5) is 26.7. The predicted octanol–water partition coefficient (Wildman–Crippen LogP) is 2.82. The Kier molecular flexibility index (Phi) is 6.84. The summed E-state index contributed by atoms with van der Waals surface area (Å²) in [5, 5.41) is 12.7. The van der Waals surface area contributed by atoms with Gasteiger partial charge >= 0.3 is 5.97 Å². The molecule has 1 saturated carbocycles. The number of ether oxygens (including phenoxy) is 1. The summed E-state index contributed by atoms with van der Waals surface area (Å²) in [6, 6.07) is 6.20. The number of carboxylic acid groups (broad SMARTS) is 1. The summed E-state index contributed by atoms with van der Waals surface area (Å²) in [6.07, 6.45) is 1.55. The quantitative estimate of drug-likeness (QED) is 0.454. The van der Waals surface area contributed by atoms with Gasteiger partial charge in [0, 0.05) is 19.0 Å². The molecule has 3 aliphatic rings. The maximum Gasteiger partial charge on any atom is 0.341 e. The number of nitrogens with zero attached hydrogens (tertiary/aromatic N) is 1. The Labute approximate surface area is 215 Å². The fraction of sp³-hybridized carbons (Fsp3) is 0.462. The fourth-order valence-electron chi connectivity index (χ4n) is 5.36. The molecule has 2 aliphatic heterocycles. The van der Waals surface area contributed by atoms with E-state index in [2.05, 4.69) is 21.9 Å². The molecule has 2 aromatic carbocycles. The normalized spacial score (nSPS) is 22.5. The molecule has 1 aliphatic carbocycles. The molecule has 0 aromatic heterocycles. The molecule has 2 unspecified atom stereocenters. The Morgan fingerprint density at radius 1 is 1.24 bits per heavy atom. The van der Waals surface area contributed by atoms with E-state index >= 15 is 0 Å². The molecule has 11 heteroatoms. The second-order valence-corrected chi connectivity index (χ2v) is 11.7. The van der Waals surface area contributed by atoms with Gasteiger partial charge in [-0.3, -0.25) is 9.52 Å².